The minimum absolute atomic E-state index is 0.119. The molecule has 4 fully saturated rings. The average Bonchev–Trinajstić information content (AvgIpc) is 3.14. The van der Waals surface area contributed by atoms with E-state index in [0.717, 1.165) is 31.1 Å². The summed E-state index contributed by atoms with van der Waals surface area (Å²) < 4.78 is 10.9. The number of aliphatic hydroxyl groups excluding tert-OH is 2. The fraction of sp³-hybridized carbons (Fsp3) is 0.931. The molecule has 0 aromatic heterocycles. The van der Waals surface area contributed by atoms with Gasteiger partial charge in [0, 0.05) is 19.6 Å². The van der Waals surface area contributed by atoms with Gasteiger partial charge >= 0.3 is 0 Å². The van der Waals surface area contributed by atoms with Crippen LogP contribution in [0.4, 0.5) is 0 Å². The minimum Gasteiger partial charge on any atom is -0.396 e. The number of fused-ring (bicyclic) bond motifs is 2. The lowest BCUT2D eigenvalue weighted by Gasteiger charge is -2.45. The van der Waals surface area contributed by atoms with E-state index in [1.54, 1.807) is 12.7 Å². The van der Waals surface area contributed by atoms with Crippen LogP contribution in [-0.2, 0) is 9.47 Å². The van der Waals surface area contributed by atoms with Crippen LogP contribution in [0.1, 0.15) is 98.3 Å². The standard InChI is InChI=1S/C29H50O4/c1-20(8-6-12-27(2,3)33-19-32-5)25-10-11-26-21(9-7-13-28(25,26)4)14-23(18-30)29-16-22(29)15-24(31)17-29/h14,20,22-26,30-31H,6-13,15-19H2,1-5H3/b21-14+/t20-,22-,23+,24+,25-,26+,28-,29+/m1/s1. The summed E-state index contributed by atoms with van der Waals surface area (Å²) in [6.45, 7) is 10.0. The Morgan fingerprint density at radius 1 is 1.24 bits per heavy atom. The van der Waals surface area contributed by atoms with E-state index in [1.807, 2.05) is 0 Å². The number of rotatable bonds is 11. The van der Waals surface area contributed by atoms with Crippen LogP contribution in [-0.4, -0.2) is 42.4 Å². The summed E-state index contributed by atoms with van der Waals surface area (Å²) >= 11 is 0. The van der Waals surface area contributed by atoms with Crippen molar-refractivity contribution in [2.75, 3.05) is 20.5 Å². The number of hydrogen-bond donors (Lipinski definition) is 2. The molecule has 0 heterocycles. The van der Waals surface area contributed by atoms with Gasteiger partial charge in [0.15, 0.2) is 0 Å². The van der Waals surface area contributed by atoms with Gasteiger partial charge in [0.25, 0.3) is 0 Å². The van der Waals surface area contributed by atoms with Crippen LogP contribution < -0.4 is 0 Å². The second-order valence-corrected chi connectivity index (χ2v) is 13.0. The molecule has 0 amide bonds. The van der Waals surface area contributed by atoms with Crippen molar-refractivity contribution in [1.82, 2.24) is 0 Å². The molecule has 33 heavy (non-hydrogen) atoms. The lowest BCUT2D eigenvalue weighted by molar-refractivity contribution is -0.118. The van der Waals surface area contributed by atoms with Crippen LogP contribution >= 0.6 is 0 Å². The Kier molecular flexibility index (Phi) is 7.71. The Balaban J connectivity index is 1.39. The second kappa shape index (κ2) is 9.91. The molecule has 2 N–H and O–H groups in total. The number of aliphatic hydroxyl groups is 2. The molecule has 0 unspecified atom stereocenters. The van der Waals surface area contributed by atoms with E-state index in [2.05, 4.69) is 33.8 Å². The molecule has 4 rings (SSSR count). The highest BCUT2D eigenvalue weighted by Gasteiger charge is 2.63. The van der Waals surface area contributed by atoms with E-state index in [1.165, 1.54) is 51.4 Å². The van der Waals surface area contributed by atoms with Gasteiger partial charge < -0.3 is 19.7 Å². The van der Waals surface area contributed by atoms with Gasteiger partial charge in [-0.1, -0.05) is 38.3 Å². The molecule has 0 aromatic carbocycles. The van der Waals surface area contributed by atoms with Crippen molar-refractivity contribution < 1.29 is 19.7 Å². The van der Waals surface area contributed by atoms with Crippen molar-refractivity contribution in [2.45, 2.75) is 110 Å². The zero-order chi connectivity index (χ0) is 23.9. The molecule has 0 aromatic rings. The van der Waals surface area contributed by atoms with Gasteiger partial charge in [-0.15, -0.1) is 0 Å². The zero-order valence-corrected chi connectivity index (χ0v) is 21.9. The van der Waals surface area contributed by atoms with Crippen LogP contribution in [0.15, 0.2) is 11.6 Å². The van der Waals surface area contributed by atoms with Gasteiger partial charge in [-0.2, -0.15) is 0 Å². The van der Waals surface area contributed by atoms with Crippen molar-refractivity contribution in [3.63, 3.8) is 0 Å². The highest BCUT2D eigenvalue weighted by Crippen LogP contribution is 2.68. The molecule has 190 valence electrons. The summed E-state index contributed by atoms with van der Waals surface area (Å²) in [6, 6.07) is 0. The normalized spacial score (nSPS) is 41.1. The summed E-state index contributed by atoms with van der Waals surface area (Å²) in [5.74, 6) is 3.12. The van der Waals surface area contributed by atoms with E-state index in [4.69, 9.17) is 9.47 Å². The van der Waals surface area contributed by atoms with E-state index >= 15 is 0 Å². The fourth-order valence-corrected chi connectivity index (χ4v) is 8.64. The van der Waals surface area contributed by atoms with E-state index < -0.39 is 0 Å². The van der Waals surface area contributed by atoms with Gasteiger partial charge in [0.1, 0.15) is 6.79 Å². The van der Waals surface area contributed by atoms with E-state index in [-0.39, 0.29) is 29.6 Å². The largest absolute Gasteiger partial charge is 0.396 e. The third kappa shape index (κ3) is 5.10. The first kappa shape index (κ1) is 25.7. The lowest BCUT2D eigenvalue weighted by Crippen LogP contribution is -2.36. The Hall–Kier alpha value is -0.420. The number of allylic oxidation sites excluding steroid dienone is 1. The molecule has 0 bridgehead atoms. The SMILES string of the molecule is COCOC(C)(C)CCC[C@@H](C)[C@H]1CC[C@H]2/C(=C/[C@@H](CO)[C@@]34C[C@@H](O)C[C@@H]3C4)CCC[C@]12C. The third-order valence-corrected chi connectivity index (χ3v) is 10.5. The summed E-state index contributed by atoms with van der Waals surface area (Å²) in [6.07, 6.45) is 15.5. The Labute approximate surface area is 202 Å². The van der Waals surface area contributed by atoms with Crippen molar-refractivity contribution in [2.24, 2.45) is 40.4 Å². The molecule has 0 saturated heterocycles. The predicted molar refractivity (Wildman–Crippen MR) is 133 cm³/mol. The maximum atomic E-state index is 10.3. The van der Waals surface area contributed by atoms with Crippen molar-refractivity contribution >= 4 is 0 Å². The van der Waals surface area contributed by atoms with Crippen LogP contribution in [0.25, 0.3) is 0 Å². The lowest BCUT2D eigenvalue weighted by atomic mass is 9.60. The summed E-state index contributed by atoms with van der Waals surface area (Å²) in [5, 5.41) is 20.5. The molecule has 0 aliphatic heterocycles. The third-order valence-electron chi connectivity index (χ3n) is 10.5. The maximum absolute atomic E-state index is 10.3. The molecule has 0 radical (unpaired) electrons. The topological polar surface area (TPSA) is 58.9 Å². The minimum atomic E-state index is -0.144. The van der Waals surface area contributed by atoms with Crippen LogP contribution in [0.2, 0.25) is 0 Å². The van der Waals surface area contributed by atoms with Crippen LogP contribution in [0, 0.1) is 40.4 Å². The van der Waals surface area contributed by atoms with Crippen molar-refractivity contribution in [1.29, 1.82) is 0 Å². The highest BCUT2D eigenvalue weighted by molar-refractivity contribution is 5.24. The van der Waals surface area contributed by atoms with Crippen molar-refractivity contribution in [3.8, 4) is 0 Å². The zero-order valence-electron chi connectivity index (χ0n) is 21.9. The first-order valence-corrected chi connectivity index (χ1v) is 13.8. The van der Waals surface area contributed by atoms with Gasteiger partial charge in [0.05, 0.1) is 11.7 Å². The fourth-order valence-electron chi connectivity index (χ4n) is 8.64. The van der Waals surface area contributed by atoms with Crippen molar-refractivity contribution in [3.05, 3.63) is 11.6 Å². The quantitative estimate of drug-likeness (QED) is 0.287. The molecule has 8 atom stereocenters. The first-order valence-electron chi connectivity index (χ1n) is 13.8. The number of methoxy groups -OCH3 is 1. The highest BCUT2D eigenvalue weighted by atomic mass is 16.7. The Bertz CT molecular complexity index is 702. The summed E-state index contributed by atoms with van der Waals surface area (Å²) in [5.41, 5.74) is 2.14. The van der Waals surface area contributed by atoms with Crippen LogP contribution in [0.5, 0.6) is 0 Å². The number of ether oxygens (including phenoxy) is 2. The molecular weight excluding hydrogens is 412 g/mol. The smallest absolute Gasteiger partial charge is 0.147 e. The molecule has 4 aliphatic carbocycles. The molecule has 4 nitrogen and oxygen atoms in total. The second-order valence-electron chi connectivity index (χ2n) is 13.0. The van der Waals surface area contributed by atoms with E-state index in [9.17, 15) is 10.2 Å². The van der Waals surface area contributed by atoms with Gasteiger partial charge in [-0.05, 0) is 106 Å². The van der Waals surface area contributed by atoms with E-state index in [0.29, 0.717) is 24.0 Å². The van der Waals surface area contributed by atoms with Gasteiger partial charge in [-0.25, -0.2) is 0 Å². The molecule has 4 aliphatic rings. The summed E-state index contributed by atoms with van der Waals surface area (Å²) in [4.78, 5) is 0. The molecular formula is C29H50O4. The maximum Gasteiger partial charge on any atom is 0.147 e. The number of hydrogen-bond acceptors (Lipinski definition) is 4. The molecule has 4 heteroatoms. The average molecular weight is 463 g/mol. The Morgan fingerprint density at radius 2 is 2.03 bits per heavy atom. The van der Waals surface area contributed by atoms with Gasteiger partial charge in [-0.3, -0.25) is 0 Å². The predicted octanol–water partition coefficient (Wildman–Crippen LogP) is 6.10. The van der Waals surface area contributed by atoms with Gasteiger partial charge in [0.2, 0.25) is 0 Å². The summed E-state index contributed by atoms with van der Waals surface area (Å²) in [7, 11) is 1.69. The monoisotopic (exact) mass is 462 g/mol. The first-order chi connectivity index (χ1) is 15.6. The van der Waals surface area contributed by atoms with Crippen LogP contribution in [0.3, 0.4) is 0 Å². The molecule has 4 saturated carbocycles. The Morgan fingerprint density at radius 3 is 2.70 bits per heavy atom. The molecule has 0 spiro atoms.